The first-order valence-corrected chi connectivity index (χ1v) is 8.88. The number of benzene rings is 3. The number of aromatic hydroxyl groups is 2. The number of hydrogen-bond acceptors (Lipinski definition) is 5. The summed E-state index contributed by atoms with van der Waals surface area (Å²) in [5, 5.41) is 19.8. The van der Waals surface area contributed by atoms with Crippen molar-refractivity contribution in [2.45, 2.75) is 18.7 Å². The van der Waals surface area contributed by atoms with Crippen molar-refractivity contribution in [3.63, 3.8) is 0 Å². The molecule has 0 saturated carbocycles. The number of aryl methyl sites for hydroxylation is 2. The number of rotatable bonds is 4. The second-order valence-corrected chi connectivity index (χ2v) is 6.73. The van der Waals surface area contributed by atoms with Crippen LogP contribution in [0, 0.1) is 13.8 Å². The maximum absolute atomic E-state index is 9.92. The van der Waals surface area contributed by atoms with Crippen LogP contribution in [-0.4, -0.2) is 22.6 Å². The van der Waals surface area contributed by atoms with Gasteiger partial charge in [0.15, 0.2) is 0 Å². The molecule has 0 fully saturated rings. The summed E-state index contributed by atoms with van der Waals surface area (Å²) in [6, 6.07) is 16.2. The standard InChI is InChI=1S/C22H20N2O2S/c1-14-6-8-20(25)18(10-14)23-12-16-4-3-5-17(22(16)27)13-24-19-11-15(2)7-9-21(19)26/h3-13,25-27H,1-2H3. The van der Waals surface area contributed by atoms with Gasteiger partial charge in [0, 0.05) is 28.5 Å². The molecule has 27 heavy (non-hydrogen) atoms. The lowest BCUT2D eigenvalue weighted by atomic mass is 10.1. The maximum Gasteiger partial charge on any atom is 0.141 e. The molecule has 0 atom stereocenters. The van der Waals surface area contributed by atoms with E-state index in [1.165, 1.54) is 0 Å². The van der Waals surface area contributed by atoms with Crippen molar-refractivity contribution < 1.29 is 10.2 Å². The highest BCUT2D eigenvalue weighted by Crippen LogP contribution is 2.29. The van der Waals surface area contributed by atoms with Crippen LogP contribution in [0.3, 0.4) is 0 Å². The van der Waals surface area contributed by atoms with Crippen LogP contribution in [0.1, 0.15) is 22.3 Å². The van der Waals surface area contributed by atoms with Crippen LogP contribution in [0.15, 0.2) is 69.5 Å². The largest absolute Gasteiger partial charge is 0.506 e. The molecule has 0 radical (unpaired) electrons. The van der Waals surface area contributed by atoms with Crippen molar-refractivity contribution in [3.8, 4) is 11.5 Å². The number of aliphatic imine (C=N–C) groups is 2. The molecule has 3 rings (SSSR count). The predicted octanol–water partition coefficient (Wildman–Crippen LogP) is 5.50. The third-order valence-corrected chi connectivity index (χ3v) is 4.56. The van der Waals surface area contributed by atoms with Crippen LogP contribution in [-0.2, 0) is 0 Å². The highest BCUT2D eigenvalue weighted by Gasteiger charge is 2.04. The van der Waals surface area contributed by atoms with Crippen LogP contribution >= 0.6 is 12.6 Å². The van der Waals surface area contributed by atoms with Crippen LogP contribution in [0.5, 0.6) is 11.5 Å². The lowest BCUT2D eigenvalue weighted by Gasteiger charge is -2.05. The van der Waals surface area contributed by atoms with Crippen molar-refractivity contribution in [1.29, 1.82) is 0 Å². The van der Waals surface area contributed by atoms with E-state index >= 15 is 0 Å². The normalized spacial score (nSPS) is 11.5. The van der Waals surface area contributed by atoms with E-state index in [0.29, 0.717) is 16.3 Å². The molecule has 136 valence electrons. The minimum Gasteiger partial charge on any atom is -0.506 e. The fourth-order valence-corrected chi connectivity index (χ4v) is 2.80. The van der Waals surface area contributed by atoms with Gasteiger partial charge in [0.1, 0.15) is 22.9 Å². The quantitative estimate of drug-likeness (QED) is 0.415. The van der Waals surface area contributed by atoms with Crippen molar-refractivity contribution in [3.05, 3.63) is 76.9 Å². The Morgan fingerprint density at radius 1 is 0.741 bits per heavy atom. The minimum atomic E-state index is 0.130. The van der Waals surface area contributed by atoms with Gasteiger partial charge in [-0.2, -0.15) is 0 Å². The Labute approximate surface area is 164 Å². The summed E-state index contributed by atoms with van der Waals surface area (Å²) in [7, 11) is 0. The fourth-order valence-electron chi connectivity index (χ4n) is 2.54. The average Bonchev–Trinajstić information content (AvgIpc) is 2.65. The van der Waals surface area contributed by atoms with E-state index in [1.54, 1.807) is 24.6 Å². The molecule has 3 aromatic carbocycles. The van der Waals surface area contributed by atoms with Crippen molar-refractivity contribution in [2.24, 2.45) is 9.98 Å². The van der Waals surface area contributed by atoms with Gasteiger partial charge in [-0.25, -0.2) is 0 Å². The Bertz CT molecular complexity index is 963. The van der Waals surface area contributed by atoms with E-state index in [-0.39, 0.29) is 11.5 Å². The summed E-state index contributed by atoms with van der Waals surface area (Å²) in [6.07, 6.45) is 3.33. The van der Waals surface area contributed by atoms with Crippen LogP contribution in [0.4, 0.5) is 11.4 Å². The molecule has 0 bridgehead atoms. The van der Waals surface area contributed by atoms with Gasteiger partial charge in [-0.15, -0.1) is 12.6 Å². The number of hydrogen-bond donors (Lipinski definition) is 3. The van der Waals surface area contributed by atoms with Gasteiger partial charge in [-0.05, 0) is 49.2 Å². The van der Waals surface area contributed by atoms with E-state index in [9.17, 15) is 10.2 Å². The third-order valence-electron chi connectivity index (χ3n) is 4.05. The molecule has 0 saturated heterocycles. The molecule has 4 nitrogen and oxygen atoms in total. The van der Waals surface area contributed by atoms with Crippen LogP contribution < -0.4 is 0 Å². The number of thiol groups is 1. The lowest BCUT2D eigenvalue weighted by Crippen LogP contribution is -1.91. The third kappa shape index (κ3) is 4.57. The fraction of sp³-hybridized carbons (Fsp3) is 0.0909. The minimum absolute atomic E-state index is 0.130. The van der Waals surface area contributed by atoms with Gasteiger partial charge in [-0.3, -0.25) is 9.98 Å². The molecule has 2 N–H and O–H groups in total. The summed E-state index contributed by atoms with van der Waals surface area (Å²) in [5.41, 5.74) is 4.65. The summed E-state index contributed by atoms with van der Waals surface area (Å²) in [6.45, 7) is 3.89. The molecule has 0 amide bonds. The van der Waals surface area contributed by atoms with E-state index in [1.807, 2.05) is 56.3 Å². The molecular weight excluding hydrogens is 356 g/mol. The van der Waals surface area contributed by atoms with Gasteiger partial charge in [0.05, 0.1) is 0 Å². The lowest BCUT2D eigenvalue weighted by molar-refractivity contribution is 0.476. The molecule has 0 aliphatic carbocycles. The number of phenols is 2. The van der Waals surface area contributed by atoms with E-state index in [4.69, 9.17) is 0 Å². The molecule has 0 aliphatic rings. The molecule has 3 aromatic rings. The Morgan fingerprint density at radius 2 is 1.19 bits per heavy atom. The Kier molecular flexibility index (Phi) is 5.62. The van der Waals surface area contributed by atoms with E-state index in [2.05, 4.69) is 22.6 Å². The zero-order chi connectivity index (χ0) is 19.4. The van der Waals surface area contributed by atoms with Gasteiger partial charge in [-0.1, -0.05) is 30.3 Å². The highest BCUT2D eigenvalue weighted by atomic mass is 32.1. The maximum atomic E-state index is 9.92. The summed E-state index contributed by atoms with van der Waals surface area (Å²) >= 11 is 4.59. The molecule has 0 aliphatic heterocycles. The SMILES string of the molecule is Cc1ccc(O)c(N=Cc2cccc(C=Nc3cc(C)ccc3O)c2S)c1. The van der Waals surface area contributed by atoms with Gasteiger partial charge >= 0.3 is 0 Å². The first kappa shape index (κ1) is 18.7. The number of nitrogens with zero attached hydrogens (tertiary/aromatic N) is 2. The zero-order valence-electron chi connectivity index (χ0n) is 15.1. The second kappa shape index (κ2) is 8.10. The summed E-state index contributed by atoms with van der Waals surface area (Å²) < 4.78 is 0. The van der Waals surface area contributed by atoms with E-state index in [0.717, 1.165) is 22.3 Å². The van der Waals surface area contributed by atoms with Crippen LogP contribution in [0.25, 0.3) is 0 Å². The summed E-state index contributed by atoms with van der Waals surface area (Å²) in [5.74, 6) is 0.260. The monoisotopic (exact) mass is 376 g/mol. The molecule has 0 spiro atoms. The topological polar surface area (TPSA) is 65.2 Å². The molecular formula is C22H20N2O2S. The smallest absolute Gasteiger partial charge is 0.141 e. The first-order chi connectivity index (χ1) is 12.9. The van der Waals surface area contributed by atoms with E-state index < -0.39 is 0 Å². The highest BCUT2D eigenvalue weighted by molar-refractivity contribution is 7.80. The van der Waals surface area contributed by atoms with Gasteiger partial charge in [0.25, 0.3) is 0 Å². The summed E-state index contributed by atoms with van der Waals surface area (Å²) in [4.78, 5) is 9.46. The Morgan fingerprint density at radius 3 is 1.63 bits per heavy atom. The average molecular weight is 376 g/mol. The van der Waals surface area contributed by atoms with Gasteiger partial charge < -0.3 is 10.2 Å². The first-order valence-electron chi connectivity index (χ1n) is 8.43. The predicted molar refractivity (Wildman–Crippen MR) is 114 cm³/mol. The Balaban J connectivity index is 1.90. The Hall–Kier alpha value is -3.05. The zero-order valence-corrected chi connectivity index (χ0v) is 16.0. The number of phenolic OH excluding ortho intramolecular Hbond substituents is 2. The second-order valence-electron chi connectivity index (χ2n) is 6.29. The molecule has 5 heteroatoms. The molecule has 0 heterocycles. The van der Waals surface area contributed by atoms with Gasteiger partial charge in [0.2, 0.25) is 0 Å². The molecule has 0 aromatic heterocycles. The molecule has 0 unspecified atom stereocenters. The van der Waals surface area contributed by atoms with Crippen molar-refractivity contribution in [1.82, 2.24) is 0 Å². The van der Waals surface area contributed by atoms with Crippen molar-refractivity contribution in [2.75, 3.05) is 0 Å². The van der Waals surface area contributed by atoms with Crippen molar-refractivity contribution >= 4 is 36.4 Å². The van der Waals surface area contributed by atoms with Crippen LogP contribution in [0.2, 0.25) is 0 Å².